The summed E-state index contributed by atoms with van der Waals surface area (Å²) in [5.41, 5.74) is 0.228. The van der Waals surface area contributed by atoms with Crippen molar-refractivity contribution in [2.45, 2.75) is 66.0 Å². The molecule has 2 aromatic heterocycles. The molecule has 0 fully saturated rings. The zero-order valence-electron chi connectivity index (χ0n) is 16.3. The van der Waals surface area contributed by atoms with Crippen LogP contribution in [0.2, 0.25) is 0 Å². The number of unbranched alkanes of at least 4 members (excludes halogenated alkanes) is 2. The molecule has 0 saturated carbocycles. The second-order valence-electron chi connectivity index (χ2n) is 6.60. The van der Waals surface area contributed by atoms with Crippen LogP contribution in [0.25, 0.3) is 10.2 Å². The van der Waals surface area contributed by atoms with Gasteiger partial charge in [0.1, 0.15) is 16.3 Å². The number of nitrogens with one attached hydrogen (secondary N) is 1. The fraction of sp³-hybridized carbons (Fsp3) is 0.579. The maximum Gasteiger partial charge on any atom is 0.348 e. The van der Waals surface area contributed by atoms with E-state index in [0.717, 1.165) is 37.0 Å². The highest BCUT2D eigenvalue weighted by Crippen LogP contribution is 2.27. The number of aromatic nitrogens is 2. The minimum Gasteiger partial charge on any atom is -0.462 e. The number of aryl methyl sites for hydroxylation is 1. The number of hydrogen-bond donors (Lipinski definition) is 1. The van der Waals surface area contributed by atoms with E-state index in [1.165, 1.54) is 10.9 Å². The Morgan fingerprint density at radius 2 is 2.07 bits per heavy atom. The summed E-state index contributed by atoms with van der Waals surface area (Å²) < 4.78 is 6.31. The van der Waals surface area contributed by atoms with Crippen LogP contribution in [-0.2, 0) is 16.1 Å². The monoisotopic (exact) mass is 393 g/mol. The molecular weight excluding hydrogens is 366 g/mol. The van der Waals surface area contributed by atoms with Crippen molar-refractivity contribution in [2.75, 3.05) is 6.61 Å². The van der Waals surface area contributed by atoms with Gasteiger partial charge in [0, 0.05) is 6.04 Å². The predicted octanol–water partition coefficient (Wildman–Crippen LogP) is 3.03. The number of nitrogens with zero attached hydrogens (tertiary/aromatic N) is 2. The van der Waals surface area contributed by atoms with Crippen LogP contribution in [0.15, 0.2) is 11.1 Å². The largest absolute Gasteiger partial charge is 0.462 e. The number of hydrogen-bond acceptors (Lipinski definition) is 6. The fourth-order valence-electron chi connectivity index (χ4n) is 2.91. The van der Waals surface area contributed by atoms with Crippen molar-refractivity contribution in [2.24, 2.45) is 0 Å². The topological polar surface area (TPSA) is 90.3 Å². The van der Waals surface area contributed by atoms with Gasteiger partial charge in [0.15, 0.2) is 0 Å². The van der Waals surface area contributed by atoms with E-state index in [1.807, 2.05) is 6.92 Å². The Balaban J connectivity index is 2.16. The Morgan fingerprint density at radius 1 is 1.33 bits per heavy atom. The summed E-state index contributed by atoms with van der Waals surface area (Å²) in [6.45, 7) is 7.71. The minimum absolute atomic E-state index is 0.0646. The first-order valence-corrected chi connectivity index (χ1v) is 10.2. The summed E-state index contributed by atoms with van der Waals surface area (Å²) in [6, 6.07) is 0.0646. The van der Waals surface area contributed by atoms with Crippen LogP contribution in [0, 0.1) is 6.92 Å². The maximum absolute atomic E-state index is 12.8. The molecule has 7 nitrogen and oxygen atoms in total. The first kappa shape index (κ1) is 21.1. The van der Waals surface area contributed by atoms with Crippen molar-refractivity contribution in [1.82, 2.24) is 14.9 Å². The maximum atomic E-state index is 12.8. The van der Waals surface area contributed by atoms with Gasteiger partial charge in [0.2, 0.25) is 5.91 Å². The second kappa shape index (κ2) is 9.64. The Kier molecular flexibility index (Phi) is 7.53. The number of carbonyl (C=O) groups excluding carboxylic acids is 2. The van der Waals surface area contributed by atoms with Crippen molar-refractivity contribution in [3.63, 3.8) is 0 Å². The molecule has 1 N–H and O–H groups in total. The summed E-state index contributed by atoms with van der Waals surface area (Å²) in [5.74, 6) is -0.677. The van der Waals surface area contributed by atoms with E-state index >= 15 is 0 Å². The average Bonchev–Trinajstić information content (AvgIpc) is 2.95. The van der Waals surface area contributed by atoms with E-state index in [9.17, 15) is 14.4 Å². The number of thiophene rings is 1. The molecule has 0 spiro atoms. The zero-order valence-corrected chi connectivity index (χ0v) is 17.1. The van der Waals surface area contributed by atoms with Crippen LogP contribution in [0.1, 0.15) is 61.7 Å². The third-order valence-electron chi connectivity index (χ3n) is 4.34. The summed E-state index contributed by atoms with van der Waals surface area (Å²) in [5, 5.41) is 3.29. The number of amides is 1. The molecule has 2 aromatic rings. The molecule has 0 aliphatic carbocycles. The van der Waals surface area contributed by atoms with Crippen molar-refractivity contribution in [3.8, 4) is 0 Å². The molecule has 2 heterocycles. The van der Waals surface area contributed by atoms with E-state index in [1.54, 1.807) is 13.8 Å². The molecule has 1 amide bonds. The standard InChI is InChI=1S/C19H27N3O4S/c1-5-7-8-9-12(3)21-14(23)10-22-11-20-17-15(18(22)24)13(4)16(27-17)19(25)26-6-2/h11-12H,5-10H2,1-4H3,(H,21,23)/t12-/m0/s1. The zero-order chi connectivity index (χ0) is 20.0. The van der Waals surface area contributed by atoms with Gasteiger partial charge in [-0.3, -0.25) is 14.2 Å². The van der Waals surface area contributed by atoms with E-state index in [4.69, 9.17) is 4.74 Å². The van der Waals surface area contributed by atoms with Crippen molar-refractivity contribution in [3.05, 3.63) is 27.1 Å². The molecule has 0 unspecified atom stereocenters. The molecule has 0 radical (unpaired) electrons. The van der Waals surface area contributed by atoms with E-state index in [2.05, 4.69) is 17.2 Å². The summed E-state index contributed by atoms with van der Waals surface area (Å²) in [7, 11) is 0. The molecule has 0 saturated heterocycles. The minimum atomic E-state index is -0.456. The van der Waals surface area contributed by atoms with Crippen LogP contribution in [-0.4, -0.2) is 34.1 Å². The fourth-order valence-corrected chi connectivity index (χ4v) is 3.94. The molecule has 8 heteroatoms. The molecule has 148 valence electrons. The first-order chi connectivity index (χ1) is 12.9. The lowest BCUT2D eigenvalue weighted by Gasteiger charge is -2.14. The third-order valence-corrected chi connectivity index (χ3v) is 5.52. The number of fused-ring (bicyclic) bond motifs is 1. The summed E-state index contributed by atoms with van der Waals surface area (Å²) >= 11 is 1.14. The van der Waals surface area contributed by atoms with Crippen molar-refractivity contribution in [1.29, 1.82) is 0 Å². The molecule has 1 atom stereocenters. The lowest BCUT2D eigenvalue weighted by Crippen LogP contribution is -2.37. The van der Waals surface area contributed by atoms with Crippen LogP contribution < -0.4 is 10.9 Å². The highest BCUT2D eigenvalue weighted by atomic mass is 32.1. The van der Waals surface area contributed by atoms with Crippen molar-refractivity contribution >= 4 is 33.4 Å². The van der Waals surface area contributed by atoms with Gasteiger partial charge < -0.3 is 10.1 Å². The van der Waals surface area contributed by atoms with Gasteiger partial charge in [-0.2, -0.15) is 0 Å². The van der Waals surface area contributed by atoms with Gasteiger partial charge in [-0.1, -0.05) is 26.2 Å². The number of esters is 1. The Bertz CT molecular complexity index is 872. The van der Waals surface area contributed by atoms with Crippen LogP contribution in [0.3, 0.4) is 0 Å². The van der Waals surface area contributed by atoms with Gasteiger partial charge in [-0.25, -0.2) is 9.78 Å². The highest BCUT2D eigenvalue weighted by molar-refractivity contribution is 7.20. The number of ether oxygens (including phenoxy) is 1. The predicted molar refractivity (Wildman–Crippen MR) is 106 cm³/mol. The number of carbonyl (C=O) groups is 2. The number of rotatable bonds is 9. The lowest BCUT2D eigenvalue weighted by molar-refractivity contribution is -0.122. The molecular formula is C19H27N3O4S. The molecule has 2 rings (SSSR count). The molecule has 0 aromatic carbocycles. The molecule has 0 bridgehead atoms. The molecule has 0 aliphatic rings. The third kappa shape index (κ3) is 5.15. The summed E-state index contributed by atoms with van der Waals surface area (Å²) in [6.07, 6.45) is 5.61. The van der Waals surface area contributed by atoms with Crippen LogP contribution in [0.5, 0.6) is 0 Å². The average molecular weight is 394 g/mol. The smallest absolute Gasteiger partial charge is 0.348 e. The SMILES string of the molecule is CCCCC[C@H](C)NC(=O)Cn1cnc2sc(C(=O)OCC)c(C)c2c1=O. The van der Waals surface area contributed by atoms with Gasteiger partial charge >= 0.3 is 5.97 Å². The van der Waals surface area contributed by atoms with Crippen LogP contribution in [0.4, 0.5) is 0 Å². The van der Waals surface area contributed by atoms with Gasteiger partial charge in [0.25, 0.3) is 5.56 Å². The molecule has 27 heavy (non-hydrogen) atoms. The Morgan fingerprint density at radius 3 is 2.74 bits per heavy atom. The van der Waals surface area contributed by atoms with Gasteiger partial charge in [0.05, 0.1) is 18.3 Å². The van der Waals surface area contributed by atoms with Crippen molar-refractivity contribution < 1.29 is 14.3 Å². The van der Waals surface area contributed by atoms with Gasteiger partial charge in [-0.15, -0.1) is 11.3 Å². The normalized spacial score (nSPS) is 12.1. The summed E-state index contributed by atoms with van der Waals surface area (Å²) in [4.78, 5) is 42.2. The Hall–Kier alpha value is -2.22. The quantitative estimate of drug-likeness (QED) is 0.522. The van der Waals surface area contributed by atoms with Crippen LogP contribution >= 0.6 is 11.3 Å². The second-order valence-corrected chi connectivity index (χ2v) is 7.60. The van der Waals surface area contributed by atoms with E-state index in [0.29, 0.717) is 20.7 Å². The lowest BCUT2D eigenvalue weighted by atomic mass is 10.1. The molecule has 0 aliphatic heterocycles. The Labute approximate surface area is 162 Å². The highest BCUT2D eigenvalue weighted by Gasteiger charge is 2.21. The first-order valence-electron chi connectivity index (χ1n) is 9.34. The van der Waals surface area contributed by atoms with Gasteiger partial charge in [-0.05, 0) is 32.8 Å². The van der Waals surface area contributed by atoms with E-state index < -0.39 is 5.97 Å². The van der Waals surface area contributed by atoms with E-state index in [-0.39, 0.29) is 30.7 Å².